The first kappa shape index (κ1) is 25.8. The van der Waals surface area contributed by atoms with E-state index in [1.54, 1.807) is 31.2 Å². The van der Waals surface area contributed by atoms with Crippen LogP contribution in [0.3, 0.4) is 0 Å². The maximum absolute atomic E-state index is 12.5. The molecule has 3 aromatic rings. The standard InChI is InChI=1S/C29H29N3O5/c1-18-15-21(9-14-26(18)32(35)36)28(34)37-23-12-5-19(6-13-23)17-30-31-27(33)25-16-24(25)20-7-10-22(11-8-20)29(2,3)4/h5-15,17,24-25H,16H2,1-4H3,(H,31,33)/b30-17+/t24-,25-/m1/s1. The van der Waals surface area contributed by atoms with E-state index in [0.717, 1.165) is 12.0 Å². The van der Waals surface area contributed by atoms with Crippen molar-refractivity contribution in [2.24, 2.45) is 11.0 Å². The van der Waals surface area contributed by atoms with Crippen molar-refractivity contribution in [3.63, 3.8) is 0 Å². The number of carbonyl (C=O) groups is 2. The normalized spacial score (nSPS) is 16.9. The molecule has 0 spiro atoms. The number of ether oxygens (including phenoxy) is 1. The van der Waals surface area contributed by atoms with Crippen molar-refractivity contribution in [1.82, 2.24) is 5.43 Å². The van der Waals surface area contributed by atoms with Crippen LogP contribution in [0.25, 0.3) is 0 Å². The quantitative estimate of drug-likeness (QED) is 0.148. The molecule has 4 rings (SSSR count). The molecule has 0 aromatic heterocycles. The third kappa shape index (κ3) is 6.27. The molecular formula is C29H29N3O5. The molecule has 37 heavy (non-hydrogen) atoms. The topological polar surface area (TPSA) is 111 Å². The van der Waals surface area contributed by atoms with Gasteiger partial charge in [-0.05, 0) is 77.8 Å². The highest BCUT2D eigenvalue weighted by Gasteiger charge is 2.44. The van der Waals surface area contributed by atoms with Crippen molar-refractivity contribution in [3.8, 4) is 5.75 Å². The van der Waals surface area contributed by atoms with Gasteiger partial charge in [0.15, 0.2) is 0 Å². The van der Waals surface area contributed by atoms with E-state index in [9.17, 15) is 19.7 Å². The number of nitrogens with one attached hydrogen (secondary N) is 1. The summed E-state index contributed by atoms with van der Waals surface area (Å²) < 4.78 is 5.35. The van der Waals surface area contributed by atoms with Gasteiger partial charge in [-0.15, -0.1) is 0 Å². The summed E-state index contributed by atoms with van der Waals surface area (Å²) in [6.45, 7) is 8.10. The van der Waals surface area contributed by atoms with Crippen molar-refractivity contribution in [1.29, 1.82) is 0 Å². The first-order chi connectivity index (χ1) is 17.5. The Kier molecular flexibility index (Phi) is 7.20. The molecular weight excluding hydrogens is 470 g/mol. The number of nitro groups is 1. The van der Waals surface area contributed by atoms with Gasteiger partial charge in [0.05, 0.1) is 16.7 Å². The Hall–Kier alpha value is -4.33. The molecule has 1 fully saturated rings. The van der Waals surface area contributed by atoms with Gasteiger partial charge in [-0.1, -0.05) is 45.0 Å². The first-order valence-electron chi connectivity index (χ1n) is 12.0. The van der Waals surface area contributed by atoms with Crippen LogP contribution in [0.1, 0.15) is 65.7 Å². The monoisotopic (exact) mass is 499 g/mol. The SMILES string of the molecule is Cc1cc(C(=O)Oc2ccc(/C=N/NC(=O)[C@@H]3C[C@@H]3c3ccc(C(C)(C)C)cc3)cc2)ccc1[N+](=O)[O-]. The van der Waals surface area contributed by atoms with Gasteiger partial charge in [0, 0.05) is 17.5 Å². The second-order valence-electron chi connectivity index (χ2n) is 10.3. The fourth-order valence-corrected chi connectivity index (χ4v) is 4.11. The van der Waals surface area contributed by atoms with E-state index < -0.39 is 10.9 Å². The zero-order valence-electron chi connectivity index (χ0n) is 21.2. The van der Waals surface area contributed by atoms with Gasteiger partial charge in [-0.25, -0.2) is 10.2 Å². The minimum Gasteiger partial charge on any atom is -0.423 e. The van der Waals surface area contributed by atoms with Crippen molar-refractivity contribution < 1.29 is 19.2 Å². The minimum absolute atomic E-state index is 0.0563. The van der Waals surface area contributed by atoms with E-state index in [4.69, 9.17) is 4.74 Å². The van der Waals surface area contributed by atoms with Gasteiger partial charge < -0.3 is 4.74 Å². The lowest BCUT2D eigenvalue weighted by Crippen LogP contribution is -2.20. The summed E-state index contributed by atoms with van der Waals surface area (Å²) in [5.74, 6) is -0.260. The van der Waals surface area contributed by atoms with E-state index in [0.29, 0.717) is 11.3 Å². The fourth-order valence-electron chi connectivity index (χ4n) is 4.11. The molecule has 0 saturated heterocycles. The van der Waals surface area contributed by atoms with Gasteiger partial charge in [-0.3, -0.25) is 14.9 Å². The van der Waals surface area contributed by atoms with E-state index in [1.165, 1.54) is 35.5 Å². The summed E-state index contributed by atoms with van der Waals surface area (Å²) in [7, 11) is 0. The largest absolute Gasteiger partial charge is 0.423 e. The van der Waals surface area contributed by atoms with Crippen LogP contribution in [-0.4, -0.2) is 23.0 Å². The molecule has 2 atom stereocenters. The summed E-state index contributed by atoms with van der Waals surface area (Å²) in [4.78, 5) is 35.3. The summed E-state index contributed by atoms with van der Waals surface area (Å²) in [6, 6.07) is 19.2. The molecule has 1 aliphatic rings. The lowest BCUT2D eigenvalue weighted by atomic mass is 9.86. The maximum Gasteiger partial charge on any atom is 0.343 e. The second kappa shape index (κ2) is 10.3. The summed E-state index contributed by atoms with van der Waals surface area (Å²) in [5.41, 5.74) is 6.41. The van der Waals surface area contributed by atoms with Crippen LogP contribution in [0.5, 0.6) is 5.75 Å². The number of amides is 1. The number of benzene rings is 3. The van der Waals surface area contributed by atoms with Gasteiger partial charge >= 0.3 is 5.97 Å². The van der Waals surface area contributed by atoms with Crippen LogP contribution in [0, 0.1) is 23.0 Å². The van der Waals surface area contributed by atoms with Gasteiger partial charge in [0.2, 0.25) is 5.91 Å². The molecule has 0 bridgehead atoms. The van der Waals surface area contributed by atoms with Crippen LogP contribution in [0.2, 0.25) is 0 Å². The van der Waals surface area contributed by atoms with Gasteiger partial charge in [0.25, 0.3) is 5.69 Å². The van der Waals surface area contributed by atoms with E-state index in [-0.39, 0.29) is 34.4 Å². The van der Waals surface area contributed by atoms with Crippen LogP contribution in [0.4, 0.5) is 5.69 Å². The molecule has 1 amide bonds. The predicted molar refractivity (Wildman–Crippen MR) is 141 cm³/mol. The first-order valence-corrected chi connectivity index (χ1v) is 12.0. The predicted octanol–water partition coefficient (Wildman–Crippen LogP) is 5.67. The minimum atomic E-state index is -0.612. The number of nitro benzene ring substituents is 1. The molecule has 1 aliphatic carbocycles. The molecule has 0 aliphatic heterocycles. The average Bonchev–Trinajstić information content (AvgIpc) is 3.65. The van der Waals surface area contributed by atoms with E-state index in [2.05, 4.69) is 55.6 Å². The fraction of sp³-hybridized carbons (Fsp3) is 0.276. The molecule has 8 nitrogen and oxygen atoms in total. The highest BCUT2D eigenvalue weighted by atomic mass is 16.6. The molecule has 1 saturated carbocycles. The third-order valence-corrected chi connectivity index (χ3v) is 6.44. The molecule has 0 unspecified atom stereocenters. The highest BCUT2D eigenvalue weighted by Crippen LogP contribution is 2.47. The van der Waals surface area contributed by atoms with E-state index >= 15 is 0 Å². The Balaban J connectivity index is 1.27. The van der Waals surface area contributed by atoms with Gasteiger partial charge in [-0.2, -0.15) is 5.10 Å². The Morgan fingerprint density at radius 3 is 2.32 bits per heavy atom. The van der Waals surface area contributed by atoms with Crippen LogP contribution in [-0.2, 0) is 10.2 Å². The number of aryl methyl sites for hydroxylation is 1. The maximum atomic E-state index is 12.5. The Morgan fingerprint density at radius 1 is 1.05 bits per heavy atom. The molecule has 3 aromatic carbocycles. The number of rotatable bonds is 7. The number of esters is 1. The molecule has 0 radical (unpaired) electrons. The van der Waals surface area contributed by atoms with Crippen molar-refractivity contribution in [3.05, 3.63) is 105 Å². The Bertz CT molecular complexity index is 1360. The van der Waals surface area contributed by atoms with Crippen molar-refractivity contribution >= 4 is 23.8 Å². The van der Waals surface area contributed by atoms with E-state index in [1.807, 2.05) is 0 Å². The number of hydrogen-bond donors (Lipinski definition) is 1. The summed E-state index contributed by atoms with van der Waals surface area (Å²) in [6.07, 6.45) is 2.34. The number of hydrogen-bond acceptors (Lipinski definition) is 6. The molecule has 1 N–H and O–H groups in total. The third-order valence-electron chi connectivity index (χ3n) is 6.44. The zero-order valence-corrected chi connectivity index (χ0v) is 21.2. The number of nitrogens with zero attached hydrogens (tertiary/aromatic N) is 2. The highest BCUT2D eigenvalue weighted by molar-refractivity contribution is 5.92. The molecule has 8 heteroatoms. The summed E-state index contributed by atoms with van der Waals surface area (Å²) >= 11 is 0. The number of hydrazone groups is 1. The Labute approximate surface area is 215 Å². The lowest BCUT2D eigenvalue weighted by molar-refractivity contribution is -0.385. The molecule has 0 heterocycles. The average molecular weight is 500 g/mol. The molecule has 190 valence electrons. The van der Waals surface area contributed by atoms with Crippen molar-refractivity contribution in [2.75, 3.05) is 0 Å². The Morgan fingerprint density at radius 2 is 1.73 bits per heavy atom. The van der Waals surface area contributed by atoms with Crippen LogP contribution in [0.15, 0.2) is 71.8 Å². The van der Waals surface area contributed by atoms with Crippen molar-refractivity contribution in [2.45, 2.75) is 45.4 Å². The van der Waals surface area contributed by atoms with Crippen LogP contribution >= 0.6 is 0 Å². The smallest absolute Gasteiger partial charge is 0.343 e. The lowest BCUT2D eigenvalue weighted by Gasteiger charge is -2.19. The summed E-state index contributed by atoms with van der Waals surface area (Å²) in [5, 5.41) is 15.0. The number of carbonyl (C=O) groups excluding carboxylic acids is 2. The van der Waals surface area contributed by atoms with Crippen LogP contribution < -0.4 is 10.2 Å². The zero-order chi connectivity index (χ0) is 26.7. The van der Waals surface area contributed by atoms with Gasteiger partial charge in [0.1, 0.15) is 5.75 Å². The second-order valence-corrected chi connectivity index (χ2v) is 10.3.